The van der Waals surface area contributed by atoms with Crippen molar-refractivity contribution < 1.29 is 9.59 Å². The van der Waals surface area contributed by atoms with Gasteiger partial charge in [0.15, 0.2) is 0 Å². The van der Waals surface area contributed by atoms with E-state index in [-0.39, 0.29) is 23.5 Å². The molecular formula is C19H28N4O3. The molecule has 7 heteroatoms. The molecule has 3 amide bonds. The topological polar surface area (TPSA) is 83.4 Å². The Morgan fingerprint density at radius 1 is 1.00 bits per heavy atom. The van der Waals surface area contributed by atoms with E-state index in [2.05, 4.69) is 10.6 Å². The average Bonchev–Trinajstić information content (AvgIpc) is 2.65. The zero-order valence-electron chi connectivity index (χ0n) is 15.4. The van der Waals surface area contributed by atoms with Crippen LogP contribution in [0.3, 0.4) is 0 Å². The number of nitrogens with one attached hydrogen (secondary N) is 2. The normalized spacial score (nSPS) is 19.2. The lowest BCUT2D eigenvalue weighted by Crippen LogP contribution is -2.51. The van der Waals surface area contributed by atoms with Crippen LogP contribution in [0.15, 0.2) is 23.1 Å². The maximum absolute atomic E-state index is 12.4. The van der Waals surface area contributed by atoms with Gasteiger partial charge in [0, 0.05) is 50.0 Å². The van der Waals surface area contributed by atoms with E-state index in [1.807, 2.05) is 4.90 Å². The number of carbonyl (C=O) groups excluding carboxylic acids is 2. The monoisotopic (exact) mass is 360 g/mol. The lowest BCUT2D eigenvalue weighted by atomic mass is 9.95. The predicted octanol–water partition coefficient (Wildman–Crippen LogP) is 1.62. The summed E-state index contributed by atoms with van der Waals surface area (Å²) in [5.74, 6) is -0.229. The number of amides is 3. The highest BCUT2D eigenvalue weighted by Crippen LogP contribution is 2.18. The first-order valence-corrected chi connectivity index (χ1v) is 9.56. The van der Waals surface area contributed by atoms with E-state index in [1.165, 1.54) is 29.9 Å². The molecule has 1 aliphatic carbocycles. The quantitative estimate of drug-likeness (QED) is 0.859. The van der Waals surface area contributed by atoms with E-state index >= 15 is 0 Å². The van der Waals surface area contributed by atoms with Crippen molar-refractivity contribution in [3.63, 3.8) is 0 Å². The molecule has 0 radical (unpaired) electrons. The number of hydrogen-bond acceptors (Lipinski definition) is 3. The van der Waals surface area contributed by atoms with Crippen molar-refractivity contribution >= 4 is 11.9 Å². The van der Waals surface area contributed by atoms with Gasteiger partial charge in [-0.3, -0.25) is 9.59 Å². The SMILES string of the molecule is Cn1ccc(C(=O)NC2CCN(C(=O)NC3CCCCC3)CC2)cc1=O. The fraction of sp³-hybridized carbons (Fsp3) is 0.632. The minimum Gasteiger partial charge on any atom is -0.349 e. The van der Waals surface area contributed by atoms with Crippen molar-refractivity contribution in [3.8, 4) is 0 Å². The standard InChI is InChI=1S/C19H28N4O3/c1-22-10-7-14(13-17(22)24)18(25)20-16-8-11-23(12-9-16)19(26)21-15-5-3-2-4-6-15/h7,10,13,15-16H,2-6,8-9,11-12H2,1H3,(H,20,25)(H,21,26). The molecular weight excluding hydrogens is 332 g/mol. The predicted molar refractivity (Wildman–Crippen MR) is 99.1 cm³/mol. The van der Waals surface area contributed by atoms with E-state index in [0.29, 0.717) is 24.7 Å². The van der Waals surface area contributed by atoms with Crippen LogP contribution in [0.5, 0.6) is 0 Å². The molecule has 1 aromatic rings. The molecule has 7 nitrogen and oxygen atoms in total. The fourth-order valence-corrected chi connectivity index (χ4v) is 3.70. The third-order valence-corrected chi connectivity index (χ3v) is 5.42. The summed E-state index contributed by atoms with van der Waals surface area (Å²) < 4.78 is 1.43. The maximum Gasteiger partial charge on any atom is 0.317 e. The van der Waals surface area contributed by atoms with Crippen LogP contribution in [0, 0.1) is 0 Å². The molecule has 142 valence electrons. The van der Waals surface area contributed by atoms with Gasteiger partial charge >= 0.3 is 6.03 Å². The second-order valence-electron chi connectivity index (χ2n) is 7.38. The molecule has 2 heterocycles. The zero-order chi connectivity index (χ0) is 18.5. The van der Waals surface area contributed by atoms with E-state index in [1.54, 1.807) is 19.3 Å². The Bertz CT molecular complexity index is 701. The number of piperidine rings is 1. The summed E-state index contributed by atoms with van der Waals surface area (Å²) in [6, 6.07) is 3.36. The Kier molecular flexibility index (Phi) is 5.96. The smallest absolute Gasteiger partial charge is 0.317 e. The zero-order valence-corrected chi connectivity index (χ0v) is 15.4. The number of hydrogen-bond donors (Lipinski definition) is 2. The Hall–Kier alpha value is -2.31. The summed E-state index contributed by atoms with van der Waals surface area (Å²) in [6.07, 6.45) is 8.87. The number of urea groups is 1. The van der Waals surface area contributed by atoms with Crippen molar-refractivity contribution in [1.82, 2.24) is 20.1 Å². The van der Waals surface area contributed by atoms with Gasteiger partial charge in [-0.1, -0.05) is 19.3 Å². The molecule has 1 saturated carbocycles. The Balaban J connectivity index is 1.45. The number of rotatable bonds is 3. The number of aromatic nitrogens is 1. The van der Waals surface area contributed by atoms with Crippen LogP contribution < -0.4 is 16.2 Å². The van der Waals surface area contributed by atoms with Crippen molar-refractivity contribution in [1.29, 1.82) is 0 Å². The number of nitrogens with zero attached hydrogens (tertiary/aromatic N) is 2. The summed E-state index contributed by atoms with van der Waals surface area (Å²) in [4.78, 5) is 38.2. The highest BCUT2D eigenvalue weighted by Gasteiger charge is 2.26. The third-order valence-electron chi connectivity index (χ3n) is 5.42. The fourth-order valence-electron chi connectivity index (χ4n) is 3.70. The number of aryl methyl sites for hydroxylation is 1. The third kappa shape index (κ3) is 4.65. The van der Waals surface area contributed by atoms with E-state index < -0.39 is 0 Å². The second kappa shape index (κ2) is 8.38. The van der Waals surface area contributed by atoms with Crippen molar-refractivity contribution in [2.75, 3.05) is 13.1 Å². The van der Waals surface area contributed by atoms with Crippen molar-refractivity contribution in [3.05, 3.63) is 34.2 Å². The van der Waals surface area contributed by atoms with Crippen LogP contribution in [0.4, 0.5) is 4.79 Å². The largest absolute Gasteiger partial charge is 0.349 e. The van der Waals surface area contributed by atoms with Crippen LogP contribution in [-0.2, 0) is 7.05 Å². The maximum atomic E-state index is 12.4. The van der Waals surface area contributed by atoms with Gasteiger partial charge in [0.2, 0.25) is 0 Å². The molecule has 2 N–H and O–H groups in total. The van der Waals surface area contributed by atoms with Gasteiger partial charge in [-0.05, 0) is 31.7 Å². The van der Waals surface area contributed by atoms with Gasteiger partial charge < -0.3 is 20.1 Å². The summed E-state index contributed by atoms with van der Waals surface area (Å²) in [6.45, 7) is 1.28. The minimum absolute atomic E-state index is 0.0215. The molecule has 1 aromatic heterocycles. The van der Waals surface area contributed by atoms with Gasteiger partial charge in [0.25, 0.3) is 11.5 Å². The first kappa shape index (κ1) is 18.5. The molecule has 1 aliphatic heterocycles. The molecule has 2 aliphatic rings. The van der Waals surface area contributed by atoms with Gasteiger partial charge in [-0.25, -0.2) is 4.79 Å². The highest BCUT2D eigenvalue weighted by molar-refractivity contribution is 5.94. The molecule has 2 fully saturated rings. The Morgan fingerprint density at radius 2 is 1.65 bits per heavy atom. The molecule has 0 aromatic carbocycles. The van der Waals surface area contributed by atoms with Gasteiger partial charge in [-0.15, -0.1) is 0 Å². The van der Waals surface area contributed by atoms with Crippen LogP contribution in [0.1, 0.15) is 55.3 Å². The van der Waals surface area contributed by atoms with Crippen LogP contribution in [-0.4, -0.2) is 46.6 Å². The van der Waals surface area contributed by atoms with E-state index in [0.717, 1.165) is 25.7 Å². The van der Waals surface area contributed by atoms with Crippen LogP contribution >= 0.6 is 0 Å². The van der Waals surface area contributed by atoms with E-state index in [4.69, 9.17) is 0 Å². The van der Waals surface area contributed by atoms with Gasteiger partial charge in [0.05, 0.1) is 0 Å². The molecule has 26 heavy (non-hydrogen) atoms. The Morgan fingerprint density at radius 3 is 2.31 bits per heavy atom. The Labute approximate surface area is 153 Å². The molecule has 0 spiro atoms. The summed E-state index contributed by atoms with van der Waals surface area (Å²) in [5.41, 5.74) is 0.178. The molecule has 0 bridgehead atoms. The van der Waals surface area contributed by atoms with E-state index in [9.17, 15) is 14.4 Å². The minimum atomic E-state index is -0.229. The van der Waals surface area contributed by atoms with Crippen LogP contribution in [0.25, 0.3) is 0 Å². The number of pyridine rings is 1. The lowest BCUT2D eigenvalue weighted by Gasteiger charge is -2.34. The second-order valence-corrected chi connectivity index (χ2v) is 7.38. The average molecular weight is 360 g/mol. The molecule has 3 rings (SSSR count). The lowest BCUT2D eigenvalue weighted by molar-refractivity contribution is 0.0917. The number of carbonyl (C=O) groups is 2. The summed E-state index contributed by atoms with van der Waals surface area (Å²) >= 11 is 0. The summed E-state index contributed by atoms with van der Waals surface area (Å²) in [5, 5.41) is 6.12. The highest BCUT2D eigenvalue weighted by atomic mass is 16.2. The molecule has 1 saturated heterocycles. The van der Waals surface area contributed by atoms with Gasteiger partial charge in [0.1, 0.15) is 0 Å². The van der Waals surface area contributed by atoms with Crippen LogP contribution in [0.2, 0.25) is 0 Å². The number of likely N-dealkylation sites (tertiary alicyclic amines) is 1. The molecule has 0 atom stereocenters. The van der Waals surface area contributed by atoms with Gasteiger partial charge in [-0.2, -0.15) is 0 Å². The first-order chi connectivity index (χ1) is 12.5. The summed E-state index contributed by atoms with van der Waals surface area (Å²) in [7, 11) is 1.65. The molecule has 0 unspecified atom stereocenters. The first-order valence-electron chi connectivity index (χ1n) is 9.56. The van der Waals surface area contributed by atoms with Crippen molar-refractivity contribution in [2.45, 2.75) is 57.0 Å². The van der Waals surface area contributed by atoms with Crippen molar-refractivity contribution in [2.24, 2.45) is 7.05 Å².